The number of carbonyl (C=O) groups is 2. The standard InChI is InChI=1S/C17H24N2O4S/c1-12(2)15(17(21)19-8-10-24(22,23)11-9-19)18-16(20)14-7-5-4-6-13(14)3/h4-7,12,15H,8-11H2,1-3H3,(H,18,20). The van der Waals surface area contributed by atoms with Crippen LogP contribution in [-0.4, -0.2) is 55.8 Å². The Hall–Kier alpha value is -1.89. The van der Waals surface area contributed by atoms with Crippen molar-refractivity contribution in [2.75, 3.05) is 24.6 Å². The van der Waals surface area contributed by atoms with Gasteiger partial charge in [0.15, 0.2) is 9.84 Å². The first-order chi connectivity index (χ1) is 11.2. The number of aryl methyl sites for hydroxylation is 1. The molecule has 1 aliphatic rings. The van der Waals surface area contributed by atoms with Gasteiger partial charge in [0.05, 0.1) is 11.5 Å². The number of rotatable bonds is 4. The fraction of sp³-hybridized carbons (Fsp3) is 0.529. The summed E-state index contributed by atoms with van der Waals surface area (Å²) >= 11 is 0. The maximum atomic E-state index is 12.7. The normalized spacial score (nSPS) is 18.2. The van der Waals surface area contributed by atoms with E-state index in [0.29, 0.717) is 5.56 Å². The summed E-state index contributed by atoms with van der Waals surface area (Å²) in [7, 11) is -3.05. The fourth-order valence-electron chi connectivity index (χ4n) is 2.69. The van der Waals surface area contributed by atoms with E-state index in [1.807, 2.05) is 32.9 Å². The van der Waals surface area contributed by atoms with E-state index in [4.69, 9.17) is 0 Å². The zero-order chi connectivity index (χ0) is 17.9. The topological polar surface area (TPSA) is 83.6 Å². The molecule has 0 radical (unpaired) electrons. The Labute approximate surface area is 143 Å². The Morgan fingerprint density at radius 3 is 2.25 bits per heavy atom. The predicted molar refractivity (Wildman–Crippen MR) is 92.5 cm³/mol. The molecule has 0 spiro atoms. The average Bonchev–Trinajstić information content (AvgIpc) is 2.52. The molecule has 1 saturated heterocycles. The molecular weight excluding hydrogens is 328 g/mol. The summed E-state index contributed by atoms with van der Waals surface area (Å²) in [6, 6.07) is 6.53. The third kappa shape index (κ3) is 4.35. The highest BCUT2D eigenvalue weighted by Crippen LogP contribution is 2.13. The number of hydrogen-bond donors (Lipinski definition) is 1. The fourth-order valence-corrected chi connectivity index (χ4v) is 3.89. The van der Waals surface area contributed by atoms with Crippen LogP contribution < -0.4 is 5.32 Å². The monoisotopic (exact) mass is 352 g/mol. The lowest BCUT2D eigenvalue weighted by Crippen LogP contribution is -2.54. The zero-order valence-electron chi connectivity index (χ0n) is 14.3. The number of nitrogens with zero attached hydrogens (tertiary/aromatic N) is 1. The number of amides is 2. The van der Waals surface area contributed by atoms with E-state index in [1.54, 1.807) is 12.1 Å². The highest BCUT2D eigenvalue weighted by Gasteiger charge is 2.32. The first-order valence-electron chi connectivity index (χ1n) is 8.07. The summed E-state index contributed by atoms with van der Waals surface area (Å²) in [4.78, 5) is 26.7. The van der Waals surface area contributed by atoms with Crippen molar-refractivity contribution in [1.82, 2.24) is 10.2 Å². The van der Waals surface area contributed by atoms with Gasteiger partial charge in [0, 0.05) is 18.7 Å². The van der Waals surface area contributed by atoms with Crippen LogP contribution in [-0.2, 0) is 14.6 Å². The van der Waals surface area contributed by atoms with Crippen molar-refractivity contribution in [3.8, 4) is 0 Å². The molecule has 1 aromatic carbocycles. The van der Waals surface area contributed by atoms with Crippen molar-refractivity contribution in [2.45, 2.75) is 26.8 Å². The van der Waals surface area contributed by atoms with Gasteiger partial charge in [-0.25, -0.2) is 8.42 Å². The first kappa shape index (κ1) is 18.4. The van der Waals surface area contributed by atoms with Gasteiger partial charge in [0.1, 0.15) is 6.04 Å². The third-order valence-electron chi connectivity index (χ3n) is 4.27. The van der Waals surface area contributed by atoms with Gasteiger partial charge in [-0.15, -0.1) is 0 Å². The molecule has 0 aliphatic carbocycles. The smallest absolute Gasteiger partial charge is 0.252 e. The quantitative estimate of drug-likeness (QED) is 0.876. The molecule has 24 heavy (non-hydrogen) atoms. The lowest BCUT2D eigenvalue weighted by Gasteiger charge is -2.32. The molecule has 7 heteroatoms. The van der Waals surface area contributed by atoms with Crippen molar-refractivity contribution in [3.63, 3.8) is 0 Å². The molecule has 2 amide bonds. The Kier molecular flexibility index (Phi) is 5.64. The molecule has 2 rings (SSSR count). The maximum Gasteiger partial charge on any atom is 0.252 e. The van der Waals surface area contributed by atoms with E-state index in [9.17, 15) is 18.0 Å². The molecule has 0 bridgehead atoms. The second kappa shape index (κ2) is 7.34. The number of carbonyl (C=O) groups excluding carboxylic acids is 2. The highest BCUT2D eigenvalue weighted by molar-refractivity contribution is 7.91. The minimum atomic E-state index is -3.05. The molecule has 1 fully saturated rings. The van der Waals surface area contributed by atoms with Crippen LogP contribution >= 0.6 is 0 Å². The predicted octanol–water partition coefficient (Wildman–Crippen LogP) is 1.01. The summed E-state index contributed by atoms with van der Waals surface area (Å²) in [5, 5.41) is 2.81. The molecule has 1 aliphatic heterocycles. The van der Waals surface area contributed by atoms with Gasteiger partial charge in [-0.05, 0) is 24.5 Å². The zero-order valence-corrected chi connectivity index (χ0v) is 15.1. The number of sulfone groups is 1. The highest BCUT2D eigenvalue weighted by atomic mass is 32.2. The first-order valence-corrected chi connectivity index (χ1v) is 9.89. The summed E-state index contributed by atoms with van der Waals surface area (Å²) in [6.45, 7) is 5.94. The molecule has 0 saturated carbocycles. The molecule has 0 aromatic heterocycles. The van der Waals surface area contributed by atoms with Crippen molar-refractivity contribution in [2.24, 2.45) is 5.92 Å². The van der Waals surface area contributed by atoms with Gasteiger partial charge in [0.2, 0.25) is 5.91 Å². The van der Waals surface area contributed by atoms with Gasteiger partial charge < -0.3 is 10.2 Å². The minimum absolute atomic E-state index is 0.0186. The lowest BCUT2D eigenvalue weighted by atomic mass is 10.0. The van der Waals surface area contributed by atoms with E-state index in [1.165, 1.54) is 4.90 Å². The summed E-state index contributed by atoms with van der Waals surface area (Å²) < 4.78 is 23.0. The maximum absolute atomic E-state index is 12.7. The van der Waals surface area contributed by atoms with Crippen molar-refractivity contribution in [1.29, 1.82) is 0 Å². The van der Waals surface area contributed by atoms with Crippen molar-refractivity contribution >= 4 is 21.7 Å². The van der Waals surface area contributed by atoms with Crippen LogP contribution in [0.3, 0.4) is 0 Å². The van der Waals surface area contributed by atoms with Gasteiger partial charge in [-0.2, -0.15) is 0 Å². The Morgan fingerprint density at radius 2 is 1.71 bits per heavy atom. The van der Waals surface area contributed by atoms with Gasteiger partial charge in [-0.3, -0.25) is 9.59 Å². The van der Waals surface area contributed by atoms with E-state index in [0.717, 1.165) is 5.56 Å². The van der Waals surface area contributed by atoms with Gasteiger partial charge in [-0.1, -0.05) is 32.0 Å². The van der Waals surface area contributed by atoms with E-state index >= 15 is 0 Å². The van der Waals surface area contributed by atoms with Gasteiger partial charge in [0.25, 0.3) is 5.91 Å². The molecule has 1 atom stereocenters. The van der Waals surface area contributed by atoms with Gasteiger partial charge >= 0.3 is 0 Å². The number of benzene rings is 1. The van der Waals surface area contributed by atoms with Crippen LogP contribution in [0.2, 0.25) is 0 Å². The Bertz CT molecular complexity index is 714. The second-order valence-corrected chi connectivity index (χ2v) is 8.79. The van der Waals surface area contributed by atoms with Crippen LogP contribution in [0.15, 0.2) is 24.3 Å². The number of hydrogen-bond acceptors (Lipinski definition) is 4. The van der Waals surface area contributed by atoms with E-state index in [-0.39, 0.29) is 42.3 Å². The summed E-state index contributed by atoms with van der Waals surface area (Å²) in [5.74, 6) is -0.638. The summed E-state index contributed by atoms with van der Waals surface area (Å²) in [5.41, 5.74) is 1.38. The molecule has 1 N–H and O–H groups in total. The van der Waals surface area contributed by atoms with Crippen LogP contribution in [0.1, 0.15) is 29.8 Å². The SMILES string of the molecule is Cc1ccccc1C(=O)NC(C(=O)N1CCS(=O)(=O)CC1)C(C)C. The second-order valence-electron chi connectivity index (χ2n) is 6.49. The molecule has 1 unspecified atom stereocenters. The lowest BCUT2D eigenvalue weighted by molar-refractivity contribution is -0.134. The molecule has 1 heterocycles. The minimum Gasteiger partial charge on any atom is -0.340 e. The molecule has 1 aromatic rings. The molecule has 6 nitrogen and oxygen atoms in total. The molecule has 132 valence electrons. The van der Waals surface area contributed by atoms with Crippen LogP contribution in [0, 0.1) is 12.8 Å². The number of nitrogens with one attached hydrogen (secondary N) is 1. The van der Waals surface area contributed by atoms with E-state index in [2.05, 4.69) is 5.32 Å². The van der Waals surface area contributed by atoms with Crippen LogP contribution in [0.4, 0.5) is 0 Å². The van der Waals surface area contributed by atoms with Crippen molar-refractivity contribution < 1.29 is 18.0 Å². The van der Waals surface area contributed by atoms with Crippen LogP contribution in [0.25, 0.3) is 0 Å². The molecular formula is C17H24N2O4S. The Balaban J connectivity index is 2.11. The summed E-state index contributed by atoms with van der Waals surface area (Å²) in [6.07, 6.45) is 0. The largest absolute Gasteiger partial charge is 0.340 e. The average molecular weight is 352 g/mol. The van der Waals surface area contributed by atoms with Crippen molar-refractivity contribution in [3.05, 3.63) is 35.4 Å². The third-order valence-corrected chi connectivity index (χ3v) is 5.87. The van der Waals surface area contributed by atoms with E-state index < -0.39 is 15.9 Å². The van der Waals surface area contributed by atoms with Crippen LogP contribution in [0.5, 0.6) is 0 Å². The Morgan fingerprint density at radius 1 is 1.12 bits per heavy atom.